The predicted octanol–water partition coefficient (Wildman–Crippen LogP) is 5.11. The lowest BCUT2D eigenvalue weighted by Gasteiger charge is -2.09. The smallest absolute Gasteiger partial charge is 0.206 e. The maximum atomic E-state index is 13.6. The SMILES string of the molecule is NCCOc1ccc(Oc2c(C(=O)c3cccc(F)c3)sc3cc(O)ccc23)cc1. The number of thiophene rings is 1. The van der Waals surface area contributed by atoms with Crippen LogP contribution in [-0.2, 0) is 0 Å². The molecule has 1 aromatic heterocycles. The molecule has 4 rings (SSSR count). The Morgan fingerprint density at radius 3 is 2.53 bits per heavy atom. The molecule has 0 aliphatic carbocycles. The third-order valence-electron chi connectivity index (χ3n) is 4.35. The summed E-state index contributed by atoms with van der Waals surface area (Å²) >= 11 is 1.18. The average Bonchev–Trinajstić information content (AvgIpc) is 3.10. The number of hydrogen-bond donors (Lipinski definition) is 2. The fraction of sp³-hybridized carbons (Fsp3) is 0.0870. The Morgan fingerprint density at radius 2 is 1.80 bits per heavy atom. The van der Waals surface area contributed by atoms with Gasteiger partial charge >= 0.3 is 0 Å². The number of ketones is 1. The molecular weight excluding hydrogens is 405 g/mol. The lowest BCUT2D eigenvalue weighted by Crippen LogP contribution is -2.10. The van der Waals surface area contributed by atoms with E-state index in [-0.39, 0.29) is 17.1 Å². The Labute approximate surface area is 176 Å². The first kappa shape index (κ1) is 19.9. The van der Waals surface area contributed by atoms with E-state index in [0.717, 1.165) is 0 Å². The molecule has 0 saturated carbocycles. The summed E-state index contributed by atoms with van der Waals surface area (Å²) in [5.74, 6) is 0.768. The zero-order valence-corrected chi connectivity index (χ0v) is 16.6. The summed E-state index contributed by atoms with van der Waals surface area (Å²) in [7, 11) is 0. The van der Waals surface area contributed by atoms with Gasteiger partial charge in [0.1, 0.15) is 34.5 Å². The topological polar surface area (TPSA) is 81.8 Å². The van der Waals surface area contributed by atoms with E-state index >= 15 is 0 Å². The molecule has 0 fully saturated rings. The average molecular weight is 423 g/mol. The summed E-state index contributed by atoms with van der Waals surface area (Å²) in [6.07, 6.45) is 0. The Morgan fingerprint density at radius 1 is 1.03 bits per heavy atom. The minimum absolute atomic E-state index is 0.0847. The van der Waals surface area contributed by atoms with Crippen molar-refractivity contribution >= 4 is 27.2 Å². The number of hydrogen-bond acceptors (Lipinski definition) is 6. The summed E-state index contributed by atoms with van der Waals surface area (Å²) in [6, 6.07) is 17.3. The van der Waals surface area contributed by atoms with Gasteiger partial charge in [-0.25, -0.2) is 4.39 Å². The zero-order chi connectivity index (χ0) is 21.1. The van der Waals surface area contributed by atoms with E-state index in [1.165, 1.54) is 35.6 Å². The number of benzene rings is 3. The summed E-state index contributed by atoms with van der Waals surface area (Å²) in [6.45, 7) is 0.822. The number of ether oxygens (including phenoxy) is 2. The van der Waals surface area contributed by atoms with Crippen LogP contribution in [0.2, 0.25) is 0 Å². The van der Waals surface area contributed by atoms with Crippen molar-refractivity contribution in [3.05, 3.63) is 83.0 Å². The van der Waals surface area contributed by atoms with Crippen LogP contribution in [0.25, 0.3) is 10.1 Å². The van der Waals surface area contributed by atoms with Crippen LogP contribution in [0, 0.1) is 5.82 Å². The molecular formula is C23H18FNO4S. The Hall–Kier alpha value is -3.42. The number of carbonyl (C=O) groups is 1. The van der Waals surface area contributed by atoms with Crippen LogP contribution in [0.15, 0.2) is 66.7 Å². The highest BCUT2D eigenvalue weighted by Gasteiger charge is 2.22. The van der Waals surface area contributed by atoms with Crippen LogP contribution in [0.4, 0.5) is 4.39 Å². The fourth-order valence-electron chi connectivity index (χ4n) is 2.97. The quantitative estimate of drug-likeness (QED) is 0.404. The predicted molar refractivity (Wildman–Crippen MR) is 114 cm³/mol. The Bertz CT molecular complexity index is 1200. The molecule has 0 aliphatic rings. The highest BCUT2D eigenvalue weighted by atomic mass is 32.1. The first-order valence-corrected chi connectivity index (χ1v) is 10.0. The Balaban J connectivity index is 1.74. The zero-order valence-electron chi connectivity index (χ0n) is 15.8. The monoisotopic (exact) mass is 423 g/mol. The molecule has 0 saturated heterocycles. The molecule has 0 spiro atoms. The van der Waals surface area contributed by atoms with Crippen molar-refractivity contribution in [3.8, 4) is 23.0 Å². The molecule has 5 nitrogen and oxygen atoms in total. The number of aromatic hydroxyl groups is 1. The minimum atomic E-state index is -0.491. The van der Waals surface area contributed by atoms with Crippen molar-refractivity contribution in [1.82, 2.24) is 0 Å². The van der Waals surface area contributed by atoms with Gasteiger partial charge in [0.15, 0.2) is 5.75 Å². The largest absolute Gasteiger partial charge is 0.508 e. The molecule has 1 heterocycles. The van der Waals surface area contributed by atoms with E-state index in [2.05, 4.69) is 0 Å². The fourth-order valence-corrected chi connectivity index (χ4v) is 4.10. The van der Waals surface area contributed by atoms with Crippen LogP contribution in [0.1, 0.15) is 15.2 Å². The second kappa shape index (κ2) is 8.52. The molecule has 3 aromatic carbocycles. The summed E-state index contributed by atoms with van der Waals surface area (Å²) in [5, 5.41) is 10.5. The van der Waals surface area contributed by atoms with Gasteiger partial charge in [-0.2, -0.15) is 0 Å². The van der Waals surface area contributed by atoms with Gasteiger partial charge in [-0.15, -0.1) is 11.3 Å². The minimum Gasteiger partial charge on any atom is -0.508 e. The van der Waals surface area contributed by atoms with Gasteiger partial charge in [0, 0.05) is 22.2 Å². The van der Waals surface area contributed by atoms with E-state index in [1.54, 1.807) is 42.5 Å². The van der Waals surface area contributed by atoms with Crippen LogP contribution >= 0.6 is 11.3 Å². The lowest BCUT2D eigenvalue weighted by molar-refractivity contribution is 0.104. The van der Waals surface area contributed by atoms with Crippen molar-refractivity contribution in [2.24, 2.45) is 5.73 Å². The molecule has 0 amide bonds. The standard InChI is InChI=1S/C23H18FNO4S/c24-15-3-1-2-14(12-15)21(27)23-22(19-9-4-16(26)13-20(19)30-23)29-18-7-5-17(6-8-18)28-11-10-25/h1-9,12-13,26H,10-11,25H2. The number of fused-ring (bicyclic) bond motifs is 1. The molecule has 30 heavy (non-hydrogen) atoms. The Kier molecular flexibility index (Phi) is 5.65. The number of nitrogens with two attached hydrogens (primary N) is 1. The second-order valence-corrected chi connectivity index (χ2v) is 7.54. The summed E-state index contributed by atoms with van der Waals surface area (Å²) < 4.78 is 25.9. The van der Waals surface area contributed by atoms with Gasteiger partial charge in [-0.3, -0.25) is 4.79 Å². The number of halogens is 1. The molecule has 0 radical (unpaired) electrons. The summed E-state index contributed by atoms with van der Waals surface area (Å²) in [4.78, 5) is 13.4. The molecule has 0 unspecified atom stereocenters. The van der Waals surface area contributed by atoms with Crippen molar-refractivity contribution in [2.75, 3.05) is 13.2 Å². The van der Waals surface area contributed by atoms with Gasteiger partial charge in [0.05, 0.1) is 0 Å². The first-order valence-electron chi connectivity index (χ1n) is 9.22. The van der Waals surface area contributed by atoms with Crippen molar-refractivity contribution in [3.63, 3.8) is 0 Å². The van der Waals surface area contributed by atoms with Crippen LogP contribution in [0.5, 0.6) is 23.0 Å². The van der Waals surface area contributed by atoms with Gasteiger partial charge < -0.3 is 20.3 Å². The third kappa shape index (κ3) is 4.12. The molecule has 4 aromatic rings. The van der Waals surface area contributed by atoms with E-state index in [4.69, 9.17) is 15.2 Å². The van der Waals surface area contributed by atoms with E-state index < -0.39 is 5.82 Å². The third-order valence-corrected chi connectivity index (χ3v) is 5.48. The van der Waals surface area contributed by atoms with E-state index in [9.17, 15) is 14.3 Å². The van der Waals surface area contributed by atoms with Gasteiger partial charge in [-0.1, -0.05) is 12.1 Å². The van der Waals surface area contributed by atoms with Gasteiger partial charge in [0.2, 0.25) is 5.78 Å². The molecule has 152 valence electrons. The highest BCUT2D eigenvalue weighted by Crippen LogP contribution is 2.42. The van der Waals surface area contributed by atoms with E-state index in [0.29, 0.717) is 45.4 Å². The maximum Gasteiger partial charge on any atom is 0.206 e. The number of rotatable bonds is 7. The van der Waals surface area contributed by atoms with Crippen molar-refractivity contribution in [2.45, 2.75) is 0 Å². The summed E-state index contributed by atoms with van der Waals surface area (Å²) in [5.41, 5.74) is 5.66. The van der Waals surface area contributed by atoms with Crippen LogP contribution < -0.4 is 15.2 Å². The highest BCUT2D eigenvalue weighted by molar-refractivity contribution is 7.21. The second-order valence-electron chi connectivity index (χ2n) is 6.49. The van der Waals surface area contributed by atoms with Crippen molar-refractivity contribution < 1.29 is 23.8 Å². The van der Waals surface area contributed by atoms with Crippen LogP contribution in [-0.4, -0.2) is 24.0 Å². The molecule has 3 N–H and O–H groups in total. The lowest BCUT2D eigenvalue weighted by atomic mass is 10.1. The molecule has 0 atom stereocenters. The van der Waals surface area contributed by atoms with Gasteiger partial charge in [-0.05, 0) is 54.6 Å². The number of phenols is 1. The molecule has 0 bridgehead atoms. The van der Waals surface area contributed by atoms with Crippen molar-refractivity contribution in [1.29, 1.82) is 0 Å². The maximum absolute atomic E-state index is 13.6. The van der Waals surface area contributed by atoms with Crippen LogP contribution in [0.3, 0.4) is 0 Å². The molecule has 7 heteroatoms. The molecule has 0 aliphatic heterocycles. The van der Waals surface area contributed by atoms with Gasteiger partial charge in [0.25, 0.3) is 0 Å². The normalized spacial score (nSPS) is 10.9. The number of phenolic OH excluding ortho intramolecular Hbond substituents is 1. The first-order chi connectivity index (χ1) is 14.5. The van der Waals surface area contributed by atoms with E-state index in [1.807, 2.05) is 0 Å². The number of carbonyl (C=O) groups excluding carboxylic acids is 1.